The van der Waals surface area contributed by atoms with Crippen LogP contribution in [0.3, 0.4) is 0 Å². The van der Waals surface area contributed by atoms with Crippen molar-refractivity contribution in [3.8, 4) is 5.69 Å². The van der Waals surface area contributed by atoms with Crippen LogP contribution in [-0.2, 0) is 11.3 Å². The first-order valence-corrected chi connectivity index (χ1v) is 10.4. The van der Waals surface area contributed by atoms with E-state index in [-0.39, 0.29) is 28.9 Å². The second-order valence-corrected chi connectivity index (χ2v) is 8.03. The lowest BCUT2D eigenvalue weighted by Gasteiger charge is -2.30. The molecule has 5 rings (SSSR count). The van der Waals surface area contributed by atoms with E-state index in [4.69, 9.17) is 6.85 Å². The molecule has 1 aromatic carbocycles. The molecule has 2 N–H and O–H groups in total. The molecule has 3 aromatic rings. The topological polar surface area (TPSA) is 92.2 Å². The average molecular weight is 436 g/mol. The zero-order valence-corrected chi connectivity index (χ0v) is 17.8. The predicted octanol–water partition coefficient (Wildman–Crippen LogP) is 4.21. The molecule has 3 heterocycles. The Balaban J connectivity index is 1.59. The number of rotatable bonds is 6. The van der Waals surface area contributed by atoms with Crippen molar-refractivity contribution in [2.45, 2.75) is 39.5 Å². The largest absolute Gasteiger partial charge is 0.365 e. The molecule has 0 spiro atoms. The minimum Gasteiger partial charge on any atom is -0.365 e. The van der Waals surface area contributed by atoms with Gasteiger partial charge in [-0.15, -0.1) is 0 Å². The Kier molecular flexibility index (Phi) is 3.69. The number of nitrogens with zero attached hydrogens (tertiary/aromatic N) is 4. The van der Waals surface area contributed by atoms with Gasteiger partial charge in [0.15, 0.2) is 5.78 Å². The molecule has 1 fully saturated rings. The Bertz CT molecular complexity index is 1410. The predicted molar refractivity (Wildman–Crippen MR) is 124 cm³/mol. The number of aromatic nitrogens is 3. The Hall–Kier alpha value is -3.68. The lowest BCUT2D eigenvalue weighted by Crippen LogP contribution is -2.26. The van der Waals surface area contributed by atoms with Gasteiger partial charge in [-0.3, -0.25) is 9.59 Å². The lowest BCUT2D eigenvalue weighted by atomic mass is 10.1. The third-order valence-corrected chi connectivity index (χ3v) is 5.53. The van der Waals surface area contributed by atoms with Gasteiger partial charge in [0.2, 0.25) is 5.91 Å². The van der Waals surface area contributed by atoms with Crippen molar-refractivity contribution in [1.29, 1.82) is 0 Å². The summed E-state index contributed by atoms with van der Waals surface area (Å²) in [6, 6.07) is 8.51. The first-order valence-electron chi connectivity index (χ1n) is 12.9. The van der Waals surface area contributed by atoms with Crippen LogP contribution in [-0.4, -0.2) is 33.5 Å². The molecular weight excluding hydrogens is 404 g/mol. The molecule has 0 atom stereocenters. The van der Waals surface area contributed by atoms with Crippen LogP contribution in [0.25, 0.3) is 5.69 Å². The quantitative estimate of drug-likeness (QED) is 0.564. The fourth-order valence-corrected chi connectivity index (χ4v) is 3.81. The number of hydrogen-bond acceptors (Lipinski definition) is 6. The van der Waals surface area contributed by atoms with Crippen LogP contribution in [0.2, 0.25) is 0 Å². The van der Waals surface area contributed by atoms with E-state index in [0.29, 0.717) is 28.5 Å². The molecule has 1 aliphatic heterocycles. The van der Waals surface area contributed by atoms with Crippen LogP contribution in [0, 0.1) is 12.8 Å². The lowest BCUT2D eigenvalue weighted by molar-refractivity contribution is -0.117. The fraction of sp³-hybridized carbons (Fsp3) is 0.333. The first-order chi connectivity index (χ1) is 17.3. The number of aryl methyl sites for hydroxylation is 1. The second-order valence-electron chi connectivity index (χ2n) is 8.03. The summed E-state index contributed by atoms with van der Waals surface area (Å²) in [5, 5.41) is 10.4. The molecule has 8 nitrogen and oxygen atoms in total. The number of nitrogens with one attached hydrogen (secondary N) is 2. The molecule has 0 saturated heterocycles. The highest BCUT2D eigenvalue weighted by molar-refractivity contribution is 6.03. The van der Waals surface area contributed by atoms with Gasteiger partial charge in [0.05, 0.1) is 48.9 Å². The number of amides is 1. The van der Waals surface area contributed by atoms with E-state index in [2.05, 4.69) is 20.7 Å². The summed E-state index contributed by atoms with van der Waals surface area (Å²) in [7, 11) is 1.63. The van der Waals surface area contributed by atoms with E-state index in [1.54, 1.807) is 36.9 Å². The van der Waals surface area contributed by atoms with Crippen LogP contribution in [0.1, 0.15) is 54.7 Å². The summed E-state index contributed by atoms with van der Waals surface area (Å²) in [6.07, 6.45) is 2.20. The minimum absolute atomic E-state index is 0.0512. The smallest absolute Gasteiger partial charge is 0.228 e. The number of hydrogen-bond donors (Lipinski definition) is 2. The molecule has 1 saturated carbocycles. The van der Waals surface area contributed by atoms with Gasteiger partial charge in [0.1, 0.15) is 5.82 Å². The zero-order valence-electron chi connectivity index (χ0n) is 22.8. The Labute approximate surface area is 193 Å². The van der Waals surface area contributed by atoms with E-state index in [9.17, 15) is 9.59 Å². The number of ketones is 1. The molecule has 2 aromatic heterocycles. The van der Waals surface area contributed by atoms with Crippen molar-refractivity contribution in [2.24, 2.45) is 5.92 Å². The molecule has 32 heavy (non-hydrogen) atoms. The summed E-state index contributed by atoms with van der Waals surface area (Å²) in [5.41, 5.74) is 2.96. The SMILES string of the molecule is [2H]C([2H])([2H])CC(=O)c1cnc(NC(=O)C2CC2)cc1Nc1cccc2c1N(C)C([2H])([2H])c1cc(C)nn1-2. The molecular formula is C24H26N6O2. The number of anilines is 4. The highest BCUT2D eigenvalue weighted by atomic mass is 16.2. The van der Waals surface area contributed by atoms with Crippen molar-refractivity contribution in [1.82, 2.24) is 14.8 Å². The van der Waals surface area contributed by atoms with E-state index in [1.165, 1.54) is 17.2 Å². The summed E-state index contributed by atoms with van der Waals surface area (Å²) in [6.45, 7) is -2.56. The van der Waals surface area contributed by atoms with Gasteiger partial charge in [0.25, 0.3) is 0 Å². The van der Waals surface area contributed by atoms with E-state index < -0.39 is 25.6 Å². The highest BCUT2D eigenvalue weighted by Crippen LogP contribution is 2.39. The molecule has 8 heteroatoms. The third kappa shape index (κ3) is 3.62. The first kappa shape index (κ1) is 15.2. The van der Waals surface area contributed by atoms with Gasteiger partial charge >= 0.3 is 0 Å². The molecule has 2 aliphatic rings. The maximum Gasteiger partial charge on any atom is 0.228 e. The van der Waals surface area contributed by atoms with Crippen molar-refractivity contribution in [3.63, 3.8) is 0 Å². The normalized spacial score (nSPS) is 18.8. The van der Waals surface area contributed by atoms with E-state index in [0.717, 1.165) is 12.8 Å². The fourth-order valence-electron chi connectivity index (χ4n) is 3.81. The number of carbonyl (C=O) groups is 2. The number of para-hydroxylation sites is 1. The van der Waals surface area contributed by atoms with Crippen LogP contribution in [0.5, 0.6) is 0 Å². The van der Waals surface area contributed by atoms with Crippen LogP contribution >= 0.6 is 0 Å². The number of Topliss-reactive ketones (excluding diaryl/α,β-unsaturated/α-hetero) is 1. The molecule has 1 aliphatic carbocycles. The number of fused-ring (bicyclic) bond motifs is 3. The summed E-state index contributed by atoms with van der Waals surface area (Å²) < 4.78 is 41.6. The van der Waals surface area contributed by atoms with E-state index in [1.807, 2.05) is 6.07 Å². The standard InChI is InChI=1S/C24H26N6O2/c1-4-21(31)17-12-25-22(27-24(32)15-8-9-15)11-19(17)26-18-6-5-7-20-23(18)29(3)13-16-10-14(2)28-30(16)20/h5-7,10-12,15H,4,8-9,13H2,1-3H3,(H2,25,26,27,32)/i1D3,13D2. The van der Waals surface area contributed by atoms with Gasteiger partial charge in [-0.1, -0.05) is 12.9 Å². The van der Waals surface area contributed by atoms with Crippen molar-refractivity contribution < 1.29 is 16.4 Å². The molecule has 0 radical (unpaired) electrons. The summed E-state index contributed by atoms with van der Waals surface area (Å²) in [4.78, 5) is 30.9. The Morgan fingerprint density at radius 1 is 1.28 bits per heavy atom. The Morgan fingerprint density at radius 2 is 2.12 bits per heavy atom. The van der Waals surface area contributed by atoms with Gasteiger partial charge < -0.3 is 15.5 Å². The number of benzene rings is 1. The highest BCUT2D eigenvalue weighted by Gasteiger charge is 2.30. The third-order valence-electron chi connectivity index (χ3n) is 5.53. The number of pyridine rings is 1. The number of carbonyl (C=O) groups excluding carboxylic acids is 2. The Morgan fingerprint density at radius 3 is 2.91 bits per heavy atom. The summed E-state index contributed by atoms with van der Waals surface area (Å²) in [5.74, 6) is -0.623. The second kappa shape index (κ2) is 7.78. The van der Waals surface area contributed by atoms with Crippen molar-refractivity contribution in [2.75, 3.05) is 22.6 Å². The maximum atomic E-state index is 12.9. The van der Waals surface area contributed by atoms with Crippen LogP contribution < -0.4 is 15.5 Å². The van der Waals surface area contributed by atoms with Crippen LogP contribution in [0.15, 0.2) is 36.5 Å². The monoisotopic (exact) mass is 435 g/mol. The van der Waals surface area contributed by atoms with Gasteiger partial charge in [-0.05, 0) is 38.0 Å². The van der Waals surface area contributed by atoms with Crippen LogP contribution in [0.4, 0.5) is 22.9 Å². The summed E-state index contributed by atoms with van der Waals surface area (Å²) >= 11 is 0. The molecule has 164 valence electrons. The minimum atomic E-state index is -2.47. The average Bonchev–Trinajstić information content (AvgIpc) is 3.58. The van der Waals surface area contributed by atoms with Gasteiger partial charge in [0, 0.05) is 35.8 Å². The van der Waals surface area contributed by atoms with E-state index >= 15 is 0 Å². The zero-order chi connectivity index (χ0) is 26.7. The van der Waals surface area contributed by atoms with Crippen molar-refractivity contribution in [3.05, 3.63) is 53.5 Å². The van der Waals surface area contributed by atoms with Gasteiger partial charge in [-0.2, -0.15) is 5.10 Å². The molecule has 1 amide bonds. The van der Waals surface area contributed by atoms with Crippen molar-refractivity contribution >= 4 is 34.6 Å². The molecule has 0 bridgehead atoms. The maximum absolute atomic E-state index is 12.9. The van der Waals surface area contributed by atoms with Gasteiger partial charge in [-0.25, -0.2) is 9.67 Å². The molecule has 0 unspecified atom stereocenters.